The van der Waals surface area contributed by atoms with Gasteiger partial charge in [0.15, 0.2) is 0 Å². The number of nitro groups is 1. The molecule has 116 valence electrons. The molecule has 0 fully saturated rings. The Hall–Kier alpha value is -2.41. The average molecular weight is 329 g/mol. The summed E-state index contributed by atoms with van der Waals surface area (Å²) in [7, 11) is 0. The van der Waals surface area contributed by atoms with E-state index in [1.54, 1.807) is 13.0 Å². The zero-order valence-electron chi connectivity index (χ0n) is 11.3. The minimum atomic E-state index is -2.95. The largest absolute Gasteiger partial charge is 0.435 e. The monoisotopic (exact) mass is 328 g/mol. The Morgan fingerprint density at radius 3 is 2.68 bits per heavy atom. The molecule has 0 amide bonds. The number of benzene rings is 2. The third-order valence-corrected chi connectivity index (χ3v) is 3.22. The van der Waals surface area contributed by atoms with Crippen LogP contribution < -0.4 is 10.1 Å². The highest BCUT2D eigenvalue weighted by Gasteiger charge is 2.16. The van der Waals surface area contributed by atoms with Gasteiger partial charge in [-0.3, -0.25) is 10.1 Å². The van der Waals surface area contributed by atoms with Crippen molar-refractivity contribution in [3.63, 3.8) is 0 Å². The fraction of sp³-hybridized carbons (Fsp3) is 0.143. The molecule has 0 saturated carbocycles. The Labute approximate surface area is 129 Å². The van der Waals surface area contributed by atoms with E-state index in [1.165, 1.54) is 30.3 Å². The molecule has 0 heterocycles. The van der Waals surface area contributed by atoms with Crippen LogP contribution >= 0.6 is 11.6 Å². The highest BCUT2D eigenvalue weighted by molar-refractivity contribution is 6.31. The molecular weight excluding hydrogens is 318 g/mol. The molecule has 0 radical (unpaired) electrons. The molecule has 0 saturated heterocycles. The van der Waals surface area contributed by atoms with Crippen LogP contribution in [0.1, 0.15) is 5.56 Å². The lowest BCUT2D eigenvalue weighted by molar-refractivity contribution is -0.384. The quantitative estimate of drug-likeness (QED) is 0.626. The molecule has 0 aliphatic rings. The summed E-state index contributed by atoms with van der Waals surface area (Å²) < 4.78 is 28.7. The van der Waals surface area contributed by atoms with Gasteiger partial charge in [0.05, 0.1) is 4.92 Å². The van der Waals surface area contributed by atoms with Crippen molar-refractivity contribution in [2.24, 2.45) is 0 Å². The van der Waals surface area contributed by atoms with Gasteiger partial charge in [-0.2, -0.15) is 8.78 Å². The molecule has 1 N–H and O–H groups in total. The van der Waals surface area contributed by atoms with Gasteiger partial charge in [0.1, 0.15) is 11.4 Å². The van der Waals surface area contributed by atoms with E-state index in [1.807, 2.05) is 0 Å². The lowest BCUT2D eigenvalue weighted by Crippen LogP contribution is -2.02. The Kier molecular flexibility index (Phi) is 4.77. The molecule has 0 aliphatic heterocycles. The molecule has 0 aliphatic carbocycles. The number of hydrogen-bond donors (Lipinski definition) is 1. The van der Waals surface area contributed by atoms with Crippen LogP contribution in [0.25, 0.3) is 0 Å². The van der Waals surface area contributed by atoms with E-state index in [4.69, 9.17) is 11.6 Å². The zero-order chi connectivity index (χ0) is 16.3. The van der Waals surface area contributed by atoms with Gasteiger partial charge in [-0.1, -0.05) is 17.7 Å². The van der Waals surface area contributed by atoms with Crippen molar-refractivity contribution in [1.29, 1.82) is 0 Å². The Morgan fingerprint density at radius 2 is 2.05 bits per heavy atom. The standard InChI is InChI=1S/C14H11ClF2N2O3/c1-8-5-13(19(20)21)12(7-11(8)15)18-9-3-2-4-10(6-9)22-14(16)17/h2-7,14,18H,1H3. The summed E-state index contributed by atoms with van der Waals surface area (Å²) in [6.07, 6.45) is 0. The SMILES string of the molecule is Cc1cc([N+](=O)[O-])c(Nc2cccc(OC(F)F)c2)cc1Cl. The van der Waals surface area contributed by atoms with Crippen molar-refractivity contribution in [3.05, 3.63) is 57.1 Å². The number of nitrogens with one attached hydrogen (secondary N) is 1. The van der Waals surface area contributed by atoms with Gasteiger partial charge >= 0.3 is 6.61 Å². The summed E-state index contributed by atoms with van der Waals surface area (Å²) >= 11 is 5.97. The van der Waals surface area contributed by atoms with Crippen molar-refractivity contribution in [2.45, 2.75) is 13.5 Å². The predicted molar refractivity (Wildman–Crippen MR) is 79.2 cm³/mol. The summed E-state index contributed by atoms with van der Waals surface area (Å²) in [4.78, 5) is 10.5. The first-order valence-electron chi connectivity index (χ1n) is 6.13. The van der Waals surface area contributed by atoms with Crippen molar-refractivity contribution in [1.82, 2.24) is 0 Å². The van der Waals surface area contributed by atoms with Crippen LogP contribution in [0.15, 0.2) is 36.4 Å². The fourth-order valence-electron chi connectivity index (χ4n) is 1.82. The second-order valence-electron chi connectivity index (χ2n) is 4.41. The van der Waals surface area contributed by atoms with Crippen LogP contribution in [0, 0.1) is 17.0 Å². The second-order valence-corrected chi connectivity index (χ2v) is 4.81. The van der Waals surface area contributed by atoms with E-state index in [0.717, 1.165) is 0 Å². The maximum atomic E-state index is 12.2. The van der Waals surface area contributed by atoms with Crippen molar-refractivity contribution in [2.75, 3.05) is 5.32 Å². The van der Waals surface area contributed by atoms with E-state index in [2.05, 4.69) is 10.1 Å². The fourth-order valence-corrected chi connectivity index (χ4v) is 1.99. The number of rotatable bonds is 5. The number of nitro benzene ring substituents is 1. The molecule has 8 heteroatoms. The minimum Gasteiger partial charge on any atom is -0.435 e. The van der Waals surface area contributed by atoms with Gasteiger partial charge in [0.25, 0.3) is 5.69 Å². The van der Waals surface area contributed by atoms with E-state index in [9.17, 15) is 18.9 Å². The number of halogens is 3. The molecule has 0 unspecified atom stereocenters. The van der Waals surface area contributed by atoms with Gasteiger partial charge < -0.3 is 10.1 Å². The van der Waals surface area contributed by atoms with Crippen LogP contribution in [-0.2, 0) is 0 Å². The van der Waals surface area contributed by atoms with Gasteiger partial charge in [0.2, 0.25) is 0 Å². The first kappa shape index (κ1) is 16.0. The Morgan fingerprint density at radius 1 is 1.32 bits per heavy atom. The Balaban J connectivity index is 2.34. The van der Waals surface area contributed by atoms with Crippen LogP contribution in [0.2, 0.25) is 5.02 Å². The van der Waals surface area contributed by atoms with Gasteiger partial charge in [-0.15, -0.1) is 0 Å². The average Bonchev–Trinajstić information content (AvgIpc) is 2.42. The summed E-state index contributed by atoms with van der Waals surface area (Å²) in [5.41, 5.74) is 0.923. The van der Waals surface area contributed by atoms with Crippen molar-refractivity contribution >= 4 is 28.7 Å². The van der Waals surface area contributed by atoms with Crippen molar-refractivity contribution < 1.29 is 18.4 Å². The lowest BCUT2D eigenvalue weighted by Gasteiger charge is -2.11. The molecule has 5 nitrogen and oxygen atoms in total. The van der Waals surface area contributed by atoms with Gasteiger partial charge in [-0.25, -0.2) is 0 Å². The highest BCUT2D eigenvalue weighted by Crippen LogP contribution is 2.33. The van der Waals surface area contributed by atoms with Gasteiger partial charge in [0, 0.05) is 22.8 Å². The molecule has 2 rings (SSSR count). The predicted octanol–water partition coefficient (Wildman–Crippen LogP) is 4.90. The van der Waals surface area contributed by atoms with Crippen molar-refractivity contribution in [3.8, 4) is 5.75 Å². The number of hydrogen-bond acceptors (Lipinski definition) is 4. The summed E-state index contributed by atoms with van der Waals surface area (Å²) in [5.74, 6) is -0.0548. The van der Waals surface area contributed by atoms with E-state index in [-0.39, 0.29) is 17.1 Å². The normalized spacial score (nSPS) is 10.6. The molecule has 0 atom stereocenters. The van der Waals surface area contributed by atoms with Gasteiger partial charge in [-0.05, 0) is 30.7 Å². The molecule has 2 aromatic carbocycles. The first-order valence-corrected chi connectivity index (χ1v) is 6.51. The molecule has 0 bridgehead atoms. The summed E-state index contributed by atoms with van der Waals surface area (Å²) in [5, 5.41) is 14.2. The minimum absolute atomic E-state index is 0.0548. The molecule has 0 spiro atoms. The molecular formula is C14H11ClF2N2O3. The Bertz CT molecular complexity index is 710. The third kappa shape index (κ3) is 3.82. The summed E-state index contributed by atoms with van der Waals surface area (Å²) in [6.45, 7) is -1.30. The number of aryl methyl sites for hydroxylation is 1. The lowest BCUT2D eigenvalue weighted by atomic mass is 10.2. The smallest absolute Gasteiger partial charge is 0.387 e. The summed E-state index contributed by atoms with van der Waals surface area (Å²) in [6, 6.07) is 8.47. The van der Waals surface area contributed by atoms with Crippen LogP contribution in [-0.4, -0.2) is 11.5 Å². The number of ether oxygens (including phenoxy) is 1. The maximum Gasteiger partial charge on any atom is 0.387 e. The zero-order valence-corrected chi connectivity index (χ0v) is 12.1. The van der Waals surface area contributed by atoms with Crippen LogP contribution in [0.4, 0.5) is 25.8 Å². The van der Waals surface area contributed by atoms with E-state index in [0.29, 0.717) is 16.3 Å². The number of anilines is 2. The molecule has 22 heavy (non-hydrogen) atoms. The maximum absolute atomic E-state index is 12.2. The highest BCUT2D eigenvalue weighted by atomic mass is 35.5. The number of alkyl halides is 2. The third-order valence-electron chi connectivity index (χ3n) is 2.81. The van der Waals surface area contributed by atoms with Crippen LogP contribution in [0.3, 0.4) is 0 Å². The topological polar surface area (TPSA) is 64.4 Å². The molecule has 2 aromatic rings. The first-order chi connectivity index (χ1) is 10.4. The van der Waals surface area contributed by atoms with E-state index >= 15 is 0 Å². The number of nitrogens with zero attached hydrogens (tertiary/aromatic N) is 1. The second kappa shape index (κ2) is 6.57. The molecule has 0 aromatic heterocycles. The van der Waals surface area contributed by atoms with Crippen LogP contribution in [0.5, 0.6) is 5.75 Å². The van der Waals surface area contributed by atoms with E-state index < -0.39 is 11.5 Å².